The van der Waals surface area contributed by atoms with Crippen LogP contribution in [-0.4, -0.2) is 35.5 Å². The van der Waals surface area contributed by atoms with Gasteiger partial charge in [0.25, 0.3) is 0 Å². The molecule has 3 nitrogen and oxygen atoms in total. The fourth-order valence-corrected chi connectivity index (χ4v) is 3.13. The van der Waals surface area contributed by atoms with Crippen molar-refractivity contribution >= 4 is 0 Å². The van der Waals surface area contributed by atoms with Gasteiger partial charge in [0.1, 0.15) is 0 Å². The van der Waals surface area contributed by atoms with Gasteiger partial charge in [0.15, 0.2) is 0 Å². The Morgan fingerprint density at radius 3 is 2.63 bits per heavy atom. The van der Waals surface area contributed by atoms with Gasteiger partial charge in [-0.25, -0.2) is 0 Å². The van der Waals surface area contributed by atoms with Gasteiger partial charge in [0.05, 0.1) is 12.7 Å². The Hall–Kier alpha value is -0.900. The molecule has 1 aromatic rings. The van der Waals surface area contributed by atoms with Crippen LogP contribution in [0.2, 0.25) is 0 Å². The molecule has 1 aromatic carbocycles. The van der Waals surface area contributed by atoms with Crippen LogP contribution in [0.25, 0.3) is 0 Å². The van der Waals surface area contributed by atoms with Crippen LogP contribution in [0.4, 0.5) is 0 Å². The molecule has 1 aliphatic rings. The van der Waals surface area contributed by atoms with Gasteiger partial charge in [-0.1, -0.05) is 37.3 Å². The van der Waals surface area contributed by atoms with E-state index in [0.717, 1.165) is 12.8 Å². The molecule has 0 spiro atoms. The van der Waals surface area contributed by atoms with Crippen molar-refractivity contribution < 1.29 is 10.2 Å². The summed E-state index contributed by atoms with van der Waals surface area (Å²) in [4.78, 5) is 0. The van der Waals surface area contributed by atoms with Gasteiger partial charge in [-0.15, -0.1) is 0 Å². The minimum absolute atomic E-state index is 0.169. The maximum Gasteiger partial charge on any atom is 0.0895 e. The summed E-state index contributed by atoms with van der Waals surface area (Å²) in [5.41, 5.74) is 1.42. The van der Waals surface area contributed by atoms with E-state index in [-0.39, 0.29) is 6.61 Å². The lowest BCUT2D eigenvalue weighted by molar-refractivity contribution is 0.0886. The zero-order chi connectivity index (χ0) is 13.7. The fourth-order valence-electron chi connectivity index (χ4n) is 3.13. The largest absolute Gasteiger partial charge is 0.394 e. The van der Waals surface area contributed by atoms with Crippen LogP contribution < -0.4 is 5.32 Å². The molecular weight excluding hydrogens is 238 g/mol. The lowest BCUT2D eigenvalue weighted by atomic mass is 9.76. The van der Waals surface area contributed by atoms with E-state index >= 15 is 0 Å². The quantitative estimate of drug-likeness (QED) is 0.760. The van der Waals surface area contributed by atoms with Crippen molar-refractivity contribution in [3.63, 3.8) is 0 Å². The minimum atomic E-state index is -0.646. The summed E-state index contributed by atoms with van der Waals surface area (Å²) in [6, 6.07) is 11.1. The Balaban J connectivity index is 1.92. The second-order valence-corrected chi connectivity index (χ2v) is 5.86. The third-order valence-corrected chi connectivity index (χ3v) is 4.07. The Bertz CT molecular complexity index is 368. The molecule has 0 unspecified atom stereocenters. The second-order valence-electron chi connectivity index (χ2n) is 5.86. The highest BCUT2D eigenvalue weighted by Crippen LogP contribution is 2.35. The van der Waals surface area contributed by atoms with E-state index < -0.39 is 6.10 Å². The lowest BCUT2D eigenvalue weighted by Gasteiger charge is -2.34. The highest BCUT2D eigenvalue weighted by atomic mass is 16.3. The predicted octanol–water partition coefficient (Wildman–Crippen LogP) is 1.90. The van der Waals surface area contributed by atoms with E-state index in [1.807, 2.05) is 0 Å². The van der Waals surface area contributed by atoms with Gasteiger partial charge in [-0.2, -0.15) is 0 Å². The number of benzene rings is 1. The van der Waals surface area contributed by atoms with Crippen LogP contribution in [-0.2, 0) is 0 Å². The molecule has 106 valence electrons. The van der Waals surface area contributed by atoms with Crippen molar-refractivity contribution in [1.82, 2.24) is 5.32 Å². The van der Waals surface area contributed by atoms with Gasteiger partial charge in [0.2, 0.25) is 0 Å². The van der Waals surface area contributed by atoms with Crippen molar-refractivity contribution in [3.05, 3.63) is 35.9 Å². The van der Waals surface area contributed by atoms with Crippen LogP contribution in [0, 0.1) is 5.92 Å². The van der Waals surface area contributed by atoms with Crippen molar-refractivity contribution in [2.75, 3.05) is 13.2 Å². The summed E-state index contributed by atoms with van der Waals surface area (Å²) >= 11 is 0. The first-order valence-corrected chi connectivity index (χ1v) is 7.26. The van der Waals surface area contributed by atoms with E-state index in [9.17, 15) is 5.11 Å². The molecule has 3 N–H and O–H groups in total. The fraction of sp³-hybridized carbons (Fsp3) is 0.625. The van der Waals surface area contributed by atoms with E-state index in [0.29, 0.717) is 24.4 Å². The normalized spacial score (nSPS) is 29.1. The average Bonchev–Trinajstić information content (AvgIpc) is 2.45. The molecule has 0 radical (unpaired) electrons. The van der Waals surface area contributed by atoms with Crippen LogP contribution in [0.1, 0.15) is 37.7 Å². The maximum atomic E-state index is 9.42. The van der Waals surface area contributed by atoms with E-state index in [1.165, 1.54) is 12.0 Å². The Morgan fingerprint density at radius 2 is 1.95 bits per heavy atom. The number of aliphatic hydroxyl groups is 2. The number of nitrogens with one attached hydrogen (secondary N) is 1. The standard InChI is InChI=1S/C16H25NO2/c1-12-7-14(13-5-3-2-4-6-13)9-15(8-12)17-10-16(19)11-18/h2-6,12,14-19H,7-11H2,1H3/t12-,14+,15+,16+/m0/s1. The van der Waals surface area contributed by atoms with Crippen LogP contribution in [0.5, 0.6) is 0 Å². The smallest absolute Gasteiger partial charge is 0.0895 e. The molecule has 19 heavy (non-hydrogen) atoms. The number of aliphatic hydroxyl groups excluding tert-OH is 2. The number of hydrogen-bond donors (Lipinski definition) is 3. The Labute approximate surface area is 115 Å². The Kier molecular flexibility index (Phi) is 5.37. The molecule has 0 aromatic heterocycles. The molecule has 1 fully saturated rings. The van der Waals surface area contributed by atoms with E-state index in [1.54, 1.807) is 0 Å². The monoisotopic (exact) mass is 263 g/mol. The highest BCUT2D eigenvalue weighted by Gasteiger charge is 2.27. The van der Waals surface area contributed by atoms with E-state index in [4.69, 9.17) is 5.11 Å². The summed E-state index contributed by atoms with van der Waals surface area (Å²) in [7, 11) is 0. The van der Waals surface area contributed by atoms with Gasteiger partial charge in [0, 0.05) is 12.6 Å². The molecule has 1 saturated carbocycles. The van der Waals surface area contributed by atoms with Crippen molar-refractivity contribution in [2.45, 2.75) is 44.2 Å². The van der Waals surface area contributed by atoms with Gasteiger partial charge in [-0.3, -0.25) is 0 Å². The first kappa shape index (κ1) is 14.5. The summed E-state index contributed by atoms with van der Waals surface area (Å²) in [6.07, 6.45) is 2.87. The third kappa shape index (κ3) is 4.30. The zero-order valence-electron chi connectivity index (χ0n) is 11.6. The van der Waals surface area contributed by atoms with Gasteiger partial charge in [-0.05, 0) is 36.7 Å². The second kappa shape index (κ2) is 7.04. The minimum Gasteiger partial charge on any atom is -0.394 e. The molecule has 0 saturated heterocycles. The zero-order valence-corrected chi connectivity index (χ0v) is 11.6. The summed E-state index contributed by atoms with van der Waals surface area (Å²) < 4.78 is 0. The summed E-state index contributed by atoms with van der Waals surface area (Å²) in [6.45, 7) is 2.61. The number of rotatable bonds is 5. The maximum absolute atomic E-state index is 9.42. The van der Waals surface area contributed by atoms with Crippen LogP contribution in [0.15, 0.2) is 30.3 Å². The molecule has 1 aliphatic carbocycles. The van der Waals surface area contributed by atoms with Crippen molar-refractivity contribution in [2.24, 2.45) is 5.92 Å². The van der Waals surface area contributed by atoms with Gasteiger partial charge < -0.3 is 15.5 Å². The van der Waals surface area contributed by atoms with Gasteiger partial charge >= 0.3 is 0 Å². The summed E-state index contributed by atoms with van der Waals surface area (Å²) in [5, 5.41) is 21.7. The molecule has 0 bridgehead atoms. The Morgan fingerprint density at radius 1 is 1.21 bits per heavy atom. The summed E-state index contributed by atoms with van der Waals surface area (Å²) in [5.74, 6) is 1.30. The molecule has 0 heterocycles. The van der Waals surface area contributed by atoms with E-state index in [2.05, 4.69) is 42.6 Å². The molecule has 3 heteroatoms. The van der Waals surface area contributed by atoms with Crippen LogP contribution >= 0.6 is 0 Å². The van der Waals surface area contributed by atoms with Crippen molar-refractivity contribution in [3.8, 4) is 0 Å². The SMILES string of the molecule is C[C@@H]1C[C@@H](NC[C@@H](O)CO)C[C@H](c2ccccc2)C1. The average molecular weight is 263 g/mol. The number of hydrogen-bond acceptors (Lipinski definition) is 3. The topological polar surface area (TPSA) is 52.5 Å². The first-order valence-electron chi connectivity index (χ1n) is 7.26. The molecule has 2 rings (SSSR count). The molecule has 0 amide bonds. The lowest BCUT2D eigenvalue weighted by Crippen LogP contribution is -2.41. The predicted molar refractivity (Wildman–Crippen MR) is 77.1 cm³/mol. The first-order chi connectivity index (χ1) is 9.19. The highest BCUT2D eigenvalue weighted by molar-refractivity contribution is 5.20. The third-order valence-electron chi connectivity index (χ3n) is 4.07. The molecule has 0 aliphatic heterocycles. The molecule has 4 atom stereocenters. The molecular formula is C16H25NO2. The van der Waals surface area contributed by atoms with Crippen LogP contribution in [0.3, 0.4) is 0 Å². The van der Waals surface area contributed by atoms with Crippen molar-refractivity contribution in [1.29, 1.82) is 0 Å².